The van der Waals surface area contributed by atoms with Crippen molar-refractivity contribution in [3.8, 4) is 0 Å². The fourth-order valence-electron chi connectivity index (χ4n) is 1.91. The number of nitrogens with zero attached hydrogens (tertiary/aromatic N) is 2. The maximum Gasteiger partial charge on any atom is 0.213 e. The quantitative estimate of drug-likeness (QED) is 0.663. The van der Waals surface area contributed by atoms with E-state index in [-0.39, 0.29) is 5.41 Å². The number of hydrogen-bond acceptors (Lipinski definition) is 3. The summed E-state index contributed by atoms with van der Waals surface area (Å²) >= 11 is 5.88. The molecule has 6 heteroatoms. The van der Waals surface area contributed by atoms with E-state index in [2.05, 4.69) is 41.4 Å². The Balaban J connectivity index is 1.85. The Morgan fingerprint density at radius 2 is 1.83 bits per heavy atom. The van der Waals surface area contributed by atoms with Gasteiger partial charge in [0.05, 0.1) is 12.7 Å². The molecule has 5 nitrogen and oxygen atoms in total. The van der Waals surface area contributed by atoms with Crippen molar-refractivity contribution in [2.24, 2.45) is 4.99 Å². The van der Waals surface area contributed by atoms with Gasteiger partial charge in [0.2, 0.25) is 5.89 Å². The molecular weight excluding hydrogens is 312 g/mol. The number of rotatable bonds is 4. The van der Waals surface area contributed by atoms with Gasteiger partial charge in [-0.15, -0.1) is 0 Å². The van der Waals surface area contributed by atoms with E-state index in [4.69, 9.17) is 16.0 Å². The van der Waals surface area contributed by atoms with Crippen LogP contribution < -0.4 is 10.6 Å². The van der Waals surface area contributed by atoms with Gasteiger partial charge < -0.3 is 15.1 Å². The van der Waals surface area contributed by atoms with Crippen molar-refractivity contribution in [2.75, 3.05) is 7.05 Å². The Hall–Kier alpha value is -2.01. The molecule has 0 saturated heterocycles. The molecule has 0 atom stereocenters. The average molecular weight is 335 g/mol. The van der Waals surface area contributed by atoms with Gasteiger partial charge in [-0.3, -0.25) is 4.99 Å². The van der Waals surface area contributed by atoms with Crippen molar-refractivity contribution >= 4 is 17.6 Å². The molecular formula is C17H23ClN4O. The fourth-order valence-corrected chi connectivity index (χ4v) is 2.03. The molecule has 1 aromatic carbocycles. The van der Waals surface area contributed by atoms with Crippen molar-refractivity contribution in [1.29, 1.82) is 0 Å². The maximum absolute atomic E-state index is 5.88. The summed E-state index contributed by atoms with van der Waals surface area (Å²) < 4.78 is 5.75. The second-order valence-electron chi connectivity index (χ2n) is 6.27. The summed E-state index contributed by atoms with van der Waals surface area (Å²) in [5.74, 6) is 2.21. The van der Waals surface area contributed by atoms with Crippen LogP contribution in [0.5, 0.6) is 0 Å². The van der Waals surface area contributed by atoms with Crippen molar-refractivity contribution < 1.29 is 4.42 Å². The monoisotopic (exact) mass is 334 g/mol. The molecule has 0 amide bonds. The first-order valence-corrected chi connectivity index (χ1v) is 7.90. The van der Waals surface area contributed by atoms with Crippen LogP contribution in [-0.2, 0) is 18.5 Å². The van der Waals surface area contributed by atoms with Gasteiger partial charge in [0.25, 0.3) is 0 Å². The van der Waals surface area contributed by atoms with E-state index in [0.29, 0.717) is 24.9 Å². The Kier molecular flexibility index (Phi) is 5.66. The lowest BCUT2D eigenvalue weighted by Crippen LogP contribution is -2.36. The number of halogens is 1. The fraction of sp³-hybridized carbons (Fsp3) is 0.412. The first kappa shape index (κ1) is 17.3. The van der Waals surface area contributed by atoms with Gasteiger partial charge in [-0.1, -0.05) is 44.5 Å². The number of benzene rings is 1. The summed E-state index contributed by atoms with van der Waals surface area (Å²) in [5, 5.41) is 7.16. The van der Waals surface area contributed by atoms with Gasteiger partial charge in [-0.25, -0.2) is 4.98 Å². The van der Waals surface area contributed by atoms with Gasteiger partial charge in [0, 0.05) is 24.0 Å². The lowest BCUT2D eigenvalue weighted by Gasteiger charge is -2.13. The maximum atomic E-state index is 5.88. The molecule has 0 aliphatic rings. The minimum Gasteiger partial charge on any atom is -0.443 e. The van der Waals surface area contributed by atoms with Crippen LogP contribution in [0.15, 0.2) is 39.9 Å². The van der Waals surface area contributed by atoms with E-state index in [0.717, 1.165) is 16.3 Å². The topological polar surface area (TPSA) is 62.5 Å². The minimum absolute atomic E-state index is 0.0419. The van der Waals surface area contributed by atoms with Crippen LogP contribution in [-0.4, -0.2) is 18.0 Å². The zero-order valence-electron chi connectivity index (χ0n) is 14.0. The number of oxazole rings is 1. The number of nitrogens with one attached hydrogen (secondary N) is 2. The van der Waals surface area contributed by atoms with Crippen molar-refractivity contribution in [3.05, 3.63) is 52.7 Å². The van der Waals surface area contributed by atoms with E-state index < -0.39 is 0 Å². The SMILES string of the molecule is CN=C(NCc1ccc(Cl)cc1)NCc1ncc(C(C)(C)C)o1. The third kappa shape index (κ3) is 5.28. The first-order valence-electron chi connectivity index (χ1n) is 7.52. The Bertz CT molecular complexity index is 656. The standard InChI is InChI=1S/C17H23ClN4O/c1-17(2,3)14-10-20-15(23-14)11-22-16(19-4)21-9-12-5-7-13(18)8-6-12/h5-8,10H,9,11H2,1-4H3,(H2,19,21,22). The Morgan fingerprint density at radius 3 is 2.39 bits per heavy atom. The lowest BCUT2D eigenvalue weighted by atomic mass is 9.94. The van der Waals surface area contributed by atoms with Gasteiger partial charge in [0.1, 0.15) is 5.76 Å². The molecule has 1 heterocycles. The molecule has 2 rings (SSSR count). The highest BCUT2D eigenvalue weighted by atomic mass is 35.5. The molecule has 2 aromatic rings. The predicted octanol–water partition coefficient (Wildman–Crippen LogP) is 3.49. The third-order valence-corrected chi connectivity index (χ3v) is 3.55. The van der Waals surface area contributed by atoms with E-state index in [9.17, 15) is 0 Å². The van der Waals surface area contributed by atoms with Crippen molar-refractivity contribution in [1.82, 2.24) is 15.6 Å². The highest BCUT2D eigenvalue weighted by Gasteiger charge is 2.19. The number of aliphatic imine (C=N–C) groups is 1. The number of aromatic nitrogens is 1. The Morgan fingerprint density at radius 1 is 1.17 bits per heavy atom. The largest absolute Gasteiger partial charge is 0.443 e. The number of hydrogen-bond donors (Lipinski definition) is 2. The van der Waals surface area contributed by atoms with Crippen molar-refractivity contribution in [2.45, 2.75) is 39.3 Å². The summed E-state index contributed by atoms with van der Waals surface area (Å²) in [5.41, 5.74) is 1.09. The molecule has 0 radical (unpaired) electrons. The lowest BCUT2D eigenvalue weighted by molar-refractivity contribution is 0.379. The van der Waals surface area contributed by atoms with Crippen LogP contribution >= 0.6 is 11.6 Å². The van der Waals surface area contributed by atoms with Crippen LogP contribution in [0.4, 0.5) is 0 Å². The summed E-state index contributed by atoms with van der Waals surface area (Å²) in [4.78, 5) is 8.48. The normalized spacial score (nSPS) is 12.3. The zero-order chi connectivity index (χ0) is 16.9. The molecule has 124 valence electrons. The average Bonchev–Trinajstić information content (AvgIpc) is 2.98. The van der Waals surface area contributed by atoms with Gasteiger partial charge in [0.15, 0.2) is 5.96 Å². The van der Waals surface area contributed by atoms with Gasteiger partial charge in [-0.05, 0) is 17.7 Å². The highest BCUT2D eigenvalue weighted by molar-refractivity contribution is 6.30. The van der Waals surface area contributed by atoms with Crippen molar-refractivity contribution in [3.63, 3.8) is 0 Å². The van der Waals surface area contributed by atoms with E-state index in [1.165, 1.54) is 0 Å². The van der Waals surface area contributed by atoms with Crippen LogP contribution in [0.3, 0.4) is 0 Å². The second kappa shape index (κ2) is 7.51. The molecule has 0 aliphatic carbocycles. The molecule has 23 heavy (non-hydrogen) atoms. The van der Waals surface area contributed by atoms with Crippen LogP contribution in [0.1, 0.15) is 38.0 Å². The highest BCUT2D eigenvalue weighted by Crippen LogP contribution is 2.22. The molecule has 0 bridgehead atoms. The molecule has 0 fully saturated rings. The predicted molar refractivity (Wildman–Crippen MR) is 93.7 cm³/mol. The second-order valence-corrected chi connectivity index (χ2v) is 6.71. The number of guanidine groups is 1. The van der Waals surface area contributed by atoms with E-state index in [1.807, 2.05) is 24.3 Å². The van der Waals surface area contributed by atoms with E-state index in [1.54, 1.807) is 13.2 Å². The molecule has 0 aliphatic heterocycles. The molecule has 0 saturated carbocycles. The zero-order valence-corrected chi connectivity index (χ0v) is 14.7. The molecule has 0 spiro atoms. The smallest absolute Gasteiger partial charge is 0.213 e. The minimum atomic E-state index is -0.0419. The Labute approximate surface area is 142 Å². The summed E-state index contributed by atoms with van der Waals surface area (Å²) in [6, 6.07) is 7.70. The van der Waals surface area contributed by atoms with Gasteiger partial charge >= 0.3 is 0 Å². The molecule has 0 unspecified atom stereocenters. The summed E-state index contributed by atoms with van der Waals surface area (Å²) in [7, 11) is 1.73. The van der Waals surface area contributed by atoms with Crippen LogP contribution in [0, 0.1) is 0 Å². The summed E-state index contributed by atoms with van der Waals surface area (Å²) in [6.45, 7) is 7.43. The van der Waals surface area contributed by atoms with Gasteiger partial charge in [-0.2, -0.15) is 0 Å². The van der Waals surface area contributed by atoms with Crippen LogP contribution in [0.2, 0.25) is 5.02 Å². The summed E-state index contributed by atoms with van der Waals surface area (Å²) in [6.07, 6.45) is 1.78. The molecule has 1 aromatic heterocycles. The third-order valence-electron chi connectivity index (χ3n) is 3.30. The molecule has 2 N–H and O–H groups in total. The first-order chi connectivity index (χ1) is 10.9. The van der Waals surface area contributed by atoms with Crippen LogP contribution in [0.25, 0.3) is 0 Å². The van der Waals surface area contributed by atoms with E-state index >= 15 is 0 Å².